The molecule has 1 aromatic heterocycles. The zero-order valence-electron chi connectivity index (χ0n) is 14.8. The van der Waals surface area contributed by atoms with Gasteiger partial charge in [0.25, 0.3) is 0 Å². The van der Waals surface area contributed by atoms with Crippen molar-refractivity contribution in [3.8, 4) is 0 Å². The highest BCUT2D eigenvalue weighted by molar-refractivity contribution is 5.72. The molecule has 1 aromatic rings. The van der Waals surface area contributed by atoms with E-state index in [9.17, 15) is 4.79 Å². The summed E-state index contributed by atoms with van der Waals surface area (Å²) in [5, 5.41) is 9.84. The first kappa shape index (κ1) is 18.8. The Kier molecular flexibility index (Phi) is 8.73. The third-order valence-electron chi connectivity index (χ3n) is 4.16. The maximum Gasteiger partial charge on any atom is 0.216 e. The molecule has 134 valence electrons. The Balaban J connectivity index is 1.77. The highest BCUT2D eigenvalue weighted by atomic mass is 16.1. The van der Waals surface area contributed by atoms with Crippen LogP contribution in [-0.4, -0.2) is 55.1 Å². The third kappa shape index (κ3) is 7.86. The number of hydrogen-bond acceptors (Lipinski definition) is 5. The van der Waals surface area contributed by atoms with Gasteiger partial charge >= 0.3 is 0 Å². The van der Waals surface area contributed by atoms with Crippen molar-refractivity contribution in [2.75, 3.05) is 39.3 Å². The maximum atomic E-state index is 10.9. The first-order chi connectivity index (χ1) is 11.7. The predicted molar refractivity (Wildman–Crippen MR) is 96.6 cm³/mol. The number of nitrogens with one attached hydrogen (secondary N) is 3. The van der Waals surface area contributed by atoms with Crippen LogP contribution in [0.4, 0.5) is 0 Å². The number of rotatable bonds is 4. The minimum Gasteiger partial charge on any atom is -0.356 e. The van der Waals surface area contributed by atoms with E-state index >= 15 is 0 Å². The van der Waals surface area contributed by atoms with Crippen LogP contribution in [0.15, 0.2) is 18.2 Å². The van der Waals surface area contributed by atoms with E-state index in [1.54, 1.807) is 6.92 Å². The monoisotopic (exact) mass is 333 g/mol. The summed E-state index contributed by atoms with van der Waals surface area (Å²) in [6, 6.07) is 6.25. The molecule has 0 radical (unpaired) electrons. The molecular weight excluding hydrogens is 302 g/mol. The van der Waals surface area contributed by atoms with E-state index < -0.39 is 0 Å². The molecule has 1 aliphatic rings. The molecule has 0 aliphatic carbocycles. The van der Waals surface area contributed by atoms with E-state index in [2.05, 4.69) is 44.0 Å². The first-order valence-electron chi connectivity index (χ1n) is 9.07. The van der Waals surface area contributed by atoms with Crippen LogP contribution in [-0.2, 0) is 17.9 Å². The second-order valence-corrected chi connectivity index (χ2v) is 6.36. The summed E-state index contributed by atoms with van der Waals surface area (Å²) >= 11 is 0. The fourth-order valence-corrected chi connectivity index (χ4v) is 2.92. The number of hydrogen-bond donors (Lipinski definition) is 3. The number of aromatic nitrogens is 1. The van der Waals surface area contributed by atoms with E-state index in [-0.39, 0.29) is 5.91 Å². The summed E-state index contributed by atoms with van der Waals surface area (Å²) in [6.07, 6.45) is 3.27. The lowest BCUT2D eigenvalue weighted by molar-refractivity contribution is -0.118. The Morgan fingerprint density at radius 1 is 1.17 bits per heavy atom. The number of amides is 1. The van der Waals surface area contributed by atoms with Crippen molar-refractivity contribution in [1.29, 1.82) is 0 Å². The molecule has 0 atom stereocenters. The molecule has 0 aromatic carbocycles. The Morgan fingerprint density at radius 3 is 2.38 bits per heavy atom. The van der Waals surface area contributed by atoms with Gasteiger partial charge in [-0.25, -0.2) is 0 Å². The van der Waals surface area contributed by atoms with Gasteiger partial charge in [-0.15, -0.1) is 0 Å². The summed E-state index contributed by atoms with van der Waals surface area (Å²) in [7, 11) is 0. The van der Waals surface area contributed by atoms with Crippen LogP contribution in [0.3, 0.4) is 0 Å². The minimum atomic E-state index is 0.0567. The zero-order chi connectivity index (χ0) is 17.0. The lowest BCUT2D eigenvalue weighted by Crippen LogP contribution is -2.33. The molecule has 6 nitrogen and oxygen atoms in total. The van der Waals surface area contributed by atoms with Crippen molar-refractivity contribution in [2.24, 2.45) is 0 Å². The average molecular weight is 333 g/mol. The van der Waals surface area contributed by atoms with Crippen LogP contribution >= 0.6 is 0 Å². The van der Waals surface area contributed by atoms with Crippen molar-refractivity contribution in [3.63, 3.8) is 0 Å². The SMILES string of the molecule is CC(=O)NCCCN1CCCNCc2cccc(n2)CNCCC1. The molecule has 0 saturated carbocycles. The highest BCUT2D eigenvalue weighted by Gasteiger charge is 2.06. The Morgan fingerprint density at radius 2 is 1.79 bits per heavy atom. The normalized spacial score (nSPS) is 17.9. The summed E-state index contributed by atoms with van der Waals surface area (Å²) in [6.45, 7) is 9.25. The molecule has 2 rings (SSSR count). The quantitative estimate of drug-likeness (QED) is 0.714. The fraction of sp³-hybridized carbons (Fsp3) is 0.667. The van der Waals surface area contributed by atoms with E-state index in [0.717, 1.165) is 83.0 Å². The number of fused-ring (bicyclic) bond motifs is 2. The van der Waals surface area contributed by atoms with Crippen LogP contribution in [0.1, 0.15) is 37.6 Å². The molecule has 0 unspecified atom stereocenters. The molecule has 6 heteroatoms. The Hall–Kier alpha value is -1.50. The molecule has 0 saturated heterocycles. The number of pyridine rings is 1. The van der Waals surface area contributed by atoms with Crippen molar-refractivity contribution >= 4 is 5.91 Å². The topological polar surface area (TPSA) is 69.3 Å². The van der Waals surface area contributed by atoms with Crippen LogP contribution in [0.25, 0.3) is 0 Å². The second kappa shape index (κ2) is 11.1. The van der Waals surface area contributed by atoms with Crippen molar-refractivity contribution in [1.82, 2.24) is 25.8 Å². The van der Waals surface area contributed by atoms with Gasteiger partial charge in [0.05, 0.1) is 11.4 Å². The smallest absolute Gasteiger partial charge is 0.216 e. The highest BCUT2D eigenvalue weighted by Crippen LogP contribution is 2.01. The second-order valence-electron chi connectivity index (χ2n) is 6.36. The lowest BCUT2D eigenvalue weighted by atomic mass is 10.2. The van der Waals surface area contributed by atoms with Crippen LogP contribution in [0.5, 0.6) is 0 Å². The van der Waals surface area contributed by atoms with Gasteiger partial charge in [0.2, 0.25) is 5.91 Å². The molecule has 24 heavy (non-hydrogen) atoms. The molecule has 3 N–H and O–H groups in total. The predicted octanol–water partition coefficient (Wildman–Crippen LogP) is 0.883. The van der Waals surface area contributed by atoms with Gasteiger partial charge < -0.3 is 20.9 Å². The van der Waals surface area contributed by atoms with E-state index in [0.29, 0.717) is 0 Å². The molecular formula is C18H31N5O. The molecule has 1 amide bonds. The Bertz CT molecular complexity index is 465. The maximum absolute atomic E-state index is 10.9. The number of nitrogens with zero attached hydrogens (tertiary/aromatic N) is 2. The fourth-order valence-electron chi connectivity index (χ4n) is 2.92. The molecule has 2 heterocycles. The average Bonchev–Trinajstić information content (AvgIpc) is 2.57. The zero-order valence-corrected chi connectivity index (χ0v) is 14.8. The number of carbonyl (C=O) groups is 1. The number of carbonyl (C=O) groups excluding carboxylic acids is 1. The standard InChI is InChI=1S/C18H31N5O/c1-16(24)21-10-5-13-23-11-3-8-19-14-17-6-2-7-18(22-17)15-20-9-4-12-23/h2,6-7,19-20H,3-5,8-15H2,1H3,(H,21,24). The molecule has 2 bridgehead atoms. The van der Waals surface area contributed by atoms with Gasteiger partial charge in [-0.2, -0.15) is 0 Å². The largest absolute Gasteiger partial charge is 0.356 e. The van der Waals surface area contributed by atoms with Gasteiger partial charge in [0.1, 0.15) is 0 Å². The van der Waals surface area contributed by atoms with Crippen molar-refractivity contribution in [3.05, 3.63) is 29.6 Å². The molecule has 1 aliphatic heterocycles. The lowest BCUT2D eigenvalue weighted by Gasteiger charge is -2.23. The van der Waals surface area contributed by atoms with E-state index in [4.69, 9.17) is 0 Å². The summed E-state index contributed by atoms with van der Waals surface area (Å²) in [5.74, 6) is 0.0567. The molecule has 0 spiro atoms. The third-order valence-corrected chi connectivity index (χ3v) is 4.16. The van der Waals surface area contributed by atoms with Crippen LogP contribution in [0, 0.1) is 0 Å². The molecule has 0 fully saturated rings. The van der Waals surface area contributed by atoms with Crippen LogP contribution < -0.4 is 16.0 Å². The van der Waals surface area contributed by atoms with Gasteiger partial charge in [0.15, 0.2) is 0 Å². The van der Waals surface area contributed by atoms with Gasteiger partial charge in [-0.05, 0) is 64.1 Å². The van der Waals surface area contributed by atoms with Crippen LogP contribution in [0.2, 0.25) is 0 Å². The van der Waals surface area contributed by atoms with E-state index in [1.165, 1.54) is 0 Å². The Labute approximate surface area is 145 Å². The summed E-state index contributed by atoms with van der Waals surface area (Å²) in [4.78, 5) is 18.1. The summed E-state index contributed by atoms with van der Waals surface area (Å²) < 4.78 is 0. The van der Waals surface area contributed by atoms with E-state index in [1.807, 2.05) is 0 Å². The summed E-state index contributed by atoms with van der Waals surface area (Å²) in [5.41, 5.74) is 2.22. The van der Waals surface area contributed by atoms with Gasteiger partial charge in [-0.1, -0.05) is 6.07 Å². The minimum absolute atomic E-state index is 0.0567. The first-order valence-corrected chi connectivity index (χ1v) is 9.07. The van der Waals surface area contributed by atoms with Gasteiger partial charge in [-0.3, -0.25) is 9.78 Å². The van der Waals surface area contributed by atoms with Gasteiger partial charge in [0, 0.05) is 26.6 Å². The van der Waals surface area contributed by atoms with Crippen molar-refractivity contribution in [2.45, 2.75) is 39.3 Å². The van der Waals surface area contributed by atoms with Crippen molar-refractivity contribution < 1.29 is 4.79 Å².